The van der Waals surface area contributed by atoms with Crippen LogP contribution in [-0.4, -0.2) is 26.4 Å². The molecule has 2 heterocycles. The van der Waals surface area contributed by atoms with Crippen LogP contribution in [0.1, 0.15) is 28.9 Å². The second-order valence-corrected chi connectivity index (χ2v) is 8.96. The van der Waals surface area contributed by atoms with Crippen molar-refractivity contribution in [2.75, 3.05) is 11.1 Å². The lowest BCUT2D eigenvalue weighted by atomic mass is 10.1. The Morgan fingerprint density at radius 2 is 2.00 bits per heavy atom. The fraction of sp³-hybridized carbons (Fsp3) is 0.240. The Morgan fingerprint density at radius 3 is 2.84 bits per heavy atom. The van der Waals surface area contributed by atoms with Gasteiger partial charge < -0.3 is 9.73 Å². The summed E-state index contributed by atoms with van der Waals surface area (Å²) in [5.41, 5.74) is 5.73. The zero-order chi connectivity index (χ0) is 21.9. The molecule has 0 unspecified atom stereocenters. The van der Waals surface area contributed by atoms with Gasteiger partial charge in [-0.3, -0.25) is 9.36 Å². The van der Waals surface area contributed by atoms with Crippen LogP contribution >= 0.6 is 11.8 Å². The first-order chi connectivity index (χ1) is 15.7. The van der Waals surface area contributed by atoms with Gasteiger partial charge in [0.25, 0.3) is 0 Å². The Balaban J connectivity index is 1.33. The second kappa shape index (κ2) is 9.04. The van der Waals surface area contributed by atoms with Crippen molar-refractivity contribution in [3.63, 3.8) is 0 Å². The van der Waals surface area contributed by atoms with Gasteiger partial charge in [0.2, 0.25) is 5.91 Å². The molecule has 0 aliphatic heterocycles. The number of fused-ring (bicyclic) bond motifs is 1. The molecule has 0 saturated carbocycles. The number of furan rings is 1. The highest BCUT2D eigenvalue weighted by Crippen LogP contribution is 2.27. The highest BCUT2D eigenvalue weighted by atomic mass is 32.2. The molecular formula is C25H24N4O2S. The first kappa shape index (κ1) is 20.6. The quantitative estimate of drug-likeness (QED) is 0.401. The van der Waals surface area contributed by atoms with Crippen molar-refractivity contribution in [1.82, 2.24) is 14.8 Å². The van der Waals surface area contributed by atoms with Crippen molar-refractivity contribution in [3.8, 4) is 11.4 Å². The summed E-state index contributed by atoms with van der Waals surface area (Å²) in [6, 6.07) is 18.2. The molecule has 2 aromatic carbocycles. The average molecular weight is 445 g/mol. The maximum atomic E-state index is 12.6. The second-order valence-electron chi connectivity index (χ2n) is 8.02. The van der Waals surface area contributed by atoms with Crippen molar-refractivity contribution in [2.24, 2.45) is 0 Å². The maximum Gasteiger partial charge on any atom is 0.234 e. The minimum atomic E-state index is -0.0578. The lowest BCUT2D eigenvalue weighted by molar-refractivity contribution is -0.113. The third-order valence-electron chi connectivity index (χ3n) is 5.60. The van der Waals surface area contributed by atoms with Crippen molar-refractivity contribution in [2.45, 2.75) is 37.9 Å². The van der Waals surface area contributed by atoms with E-state index in [1.165, 1.54) is 29.3 Å². The van der Waals surface area contributed by atoms with Gasteiger partial charge in [-0.2, -0.15) is 0 Å². The molecule has 32 heavy (non-hydrogen) atoms. The number of amides is 1. The molecular weight excluding hydrogens is 420 g/mol. The molecule has 0 saturated heterocycles. The van der Waals surface area contributed by atoms with Gasteiger partial charge in [-0.1, -0.05) is 41.6 Å². The van der Waals surface area contributed by atoms with E-state index in [0.29, 0.717) is 11.7 Å². The molecule has 6 nitrogen and oxygen atoms in total. The number of aromatic nitrogens is 3. The highest BCUT2D eigenvalue weighted by molar-refractivity contribution is 7.99. The van der Waals surface area contributed by atoms with Gasteiger partial charge in [-0.05, 0) is 67.6 Å². The number of nitrogens with zero attached hydrogens (tertiary/aromatic N) is 3. The van der Waals surface area contributed by atoms with E-state index in [0.717, 1.165) is 41.2 Å². The van der Waals surface area contributed by atoms with E-state index in [4.69, 9.17) is 4.42 Å². The fourth-order valence-corrected chi connectivity index (χ4v) is 4.81. The van der Waals surface area contributed by atoms with Crippen LogP contribution in [0.4, 0.5) is 5.69 Å². The third kappa shape index (κ3) is 4.48. The van der Waals surface area contributed by atoms with E-state index in [1.54, 1.807) is 6.26 Å². The Hall–Kier alpha value is -3.32. The molecule has 7 heteroatoms. The van der Waals surface area contributed by atoms with Crippen molar-refractivity contribution < 1.29 is 9.21 Å². The summed E-state index contributed by atoms with van der Waals surface area (Å²) in [5, 5.41) is 12.5. The first-order valence-corrected chi connectivity index (χ1v) is 11.7. The molecule has 4 aromatic rings. The number of rotatable bonds is 7. The van der Waals surface area contributed by atoms with Crippen molar-refractivity contribution in [1.29, 1.82) is 0 Å². The van der Waals surface area contributed by atoms with Gasteiger partial charge in [0, 0.05) is 11.3 Å². The minimum absolute atomic E-state index is 0.0578. The van der Waals surface area contributed by atoms with Crippen molar-refractivity contribution in [3.05, 3.63) is 83.3 Å². The zero-order valence-corrected chi connectivity index (χ0v) is 18.7. The van der Waals surface area contributed by atoms with Gasteiger partial charge in [-0.25, -0.2) is 0 Å². The molecule has 5 rings (SSSR count). The molecule has 0 radical (unpaired) electrons. The van der Waals surface area contributed by atoms with E-state index >= 15 is 0 Å². The van der Waals surface area contributed by atoms with Crippen LogP contribution in [-0.2, 0) is 24.2 Å². The number of carbonyl (C=O) groups excluding carboxylic acids is 1. The highest BCUT2D eigenvalue weighted by Gasteiger charge is 2.18. The van der Waals surface area contributed by atoms with Gasteiger partial charge in [-0.15, -0.1) is 10.2 Å². The molecule has 1 N–H and O–H groups in total. The number of thioether (sulfide) groups is 1. The number of nitrogens with one attached hydrogen (secondary N) is 1. The number of carbonyl (C=O) groups is 1. The Kier molecular flexibility index (Phi) is 5.81. The number of hydrogen-bond acceptors (Lipinski definition) is 5. The molecule has 2 aromatic heterocycles. The van der Waals surface area contributed by atoms with Crippen LogP contribution in [0.3, 0.4) is 0 Å². The number of benzene rings is 2. The standard InChI is InChI=1S/C25H24N4O2S/c1-17-5-2-8-20(13-17)24-27-28-25(29(24)15-22-9-4-12-31-22)32-16-23(30)26-21-11-10-18-6-3-7-19(18)14-21/h2,4-5,8-14H,3,6-7,15-16H2,1H3,(H,26,30). The molecule has 0 bridgehead atoms. The number of hydrogen-bond donors (Lipinski definition) is 1. The predicted molar refractivity (Wildman–Crippen MR) is 126 cm³/mol. The summed E-state index contributed by atoms with van der Waals surface area (Å²) in [4.78, 5) is 12.6. The van der Waals surface area contributed by atoms with Crippen LogP contribution in [0.2, 0.25) is 0 Å². The van der Waals surface area contributed by atoms with Gasteiger partial charge in [0.05, 0.1) is 18.6 Å². The largest absolute Gasteiger partial charge is 0.467 e. The summed E-state index contributed by atoms with van der Waals surface area (Å²) in [6.07, 6.45) is 5.07. The molecule has 1 aliphatic rings. The number of anilines is 1. The van der Waals surface area contributed by atoms with E-state index in [9.17, 15) is 4.79 Å². The van der Waals surface area contributed by atoms with Crippen LogP contribution in [0.15, 0.2) is 70.4 Å². The van der Waals surface area contributed by atoms with Crippen molar-refractivity contribution >= 4 is 23.4 Å². The van der Waals surface area contributed by atoms with Crippen LogP contribution < -0.4 is 5.32 Å². The Bertz CT molecular complexity index is 1250. The van der Waals surface area contributed by atoms with Crippen LogP contribution in [0.25, 0.3) is 11.4 Å². The monoisotopic (exact) mass is 444 g/mol. The lowest BCUT2D eigenvalue weighted by Crippen LogP contribution is -2.15. The Labute approximate surface area is 191 Å². The summed E-state index contributed by atoms with van der Waals surface area (Å²) >= 11 is 1.38. The molecule has 162 valence electrons. The molecule has 1 aliphatic carbocycles. The normalized spacial score (nSPS) is 12.7. The SMILES string of the molecule is Cc1cccc(-c2nnc(SCC(=O)Nc3ccc4c(c3)CCC4)n2Cc2ccco2)c1. The average Bonchev–Trinajstić information content (AvgIpc) is 3.54. The van der Waals surface area contributed by atoms with Gasteiger partial charge in [0.15, 0.2) is 11.0 Å². The molecule has 0 fully saturated rings. The molecule has 0 atom stereocenters. The summed E-state index contributed by atoms with van der Waals surface area (Å²) in [7, 11) is 0. The van der Waals surface area contributed by atoms with E-state index in [2.05, 4.69) is 46.7 Å². The van der Waals surface area contributed by atoms with Crippen LogP contribution in [0, 0.1) is 6.92 Å². The summed E-state index contributed by atoms with van der Waals surface area (Å²) in [5.74, 6) is 1.76. The maximum absolute atomic E-state index is 12.6. The smallest absolute Gasteiger partial charge is 0.234 e. The van der Waals surface area contributed by atoms with E-state index in [-0.39, 0.29) is 11.7 Å². The van der Waals surface area contributed by atoms with E-state index < -0.39 is 0 Å². The third-order valence-corrected chi connectivity index (χ3v) is 6.57. The zero-order valence-electron chi connectivity index (χ0n) is 17.9. The summed E-state index contributed by atoms with van der Waals surface area (Å²) in [6.45, 7) is 2.55. The molecule has 0 spiro atoms. The van der Waals surface area contributed by atoms with E-state index in [1.807, 2.05) is 34.9 Å². The van der Waals surface area contributed by atoms with Gasteiger partial charge in [0.1, 0.15) is 5.76 Å². The van der Waals surface area contributed by atoms with Gasteiger partial charge >= 0.3 is 0 Å². The van der Waals surface area contributed by atoms with Crippen LogP contribution in [0.5, 0.6) is 0 Å². The predicted octanol–water partition coefficient (Wildman–Crippen LogP) is 5.11. The Morgan fingerprint density at radius 1 is 1.09 bits per heavy atom. The molecule has 1 amide bonds. The number of aryl methyl sites for hydroxylation is 3. The summed E-state index contributed by atoms with van der Waals surface area (Å²) < 4.78 is 7.55. The first-order valence-electron chi connectivity index (χ1n) is 10.7. The fourth-order valence-electron chi connectivity index (χ4n) is 4.07. The minimum Gasteiger partial charge on any atom is -0.467 e. The lowest BCUT2D eigenvalue weighted by Gasteiger charge is -2.10. The topological polar surface area (TPSA) is 73.0 Å².